The predicted molar refractivity (Wildman–Crippen MR) is 95.7 cm³/mol. The van der Waals surface area contributed by atoms with E-state index in [1.807, 2.05) is 0 Å². The van der Waals surface area contributed by atoms with Gasteiger partial charge in [-0.05, 0) is 49.4 Å². The van der Waals surface area contributed by atoms with Gasteiger partial charge in [-0.2, -0.15) is 5.10 Å². The molecule has 0 saturated carbocycles. The summed E-state index contributed by atoms with van der Waals surface area (Å²) < 4.78 is 1.54. The second-order valence-corrected chi connectivity index (χ2v) is 6.32. The van der Waals surface area contributed by atoms with Crippen molar-refractivity contribution < 1.29 is 19.2 Å². The van der Waals surface area contributed by atoms with Crippen molar-refractivity contribution in [2.75, 3.05) is 0 Å². The van der Waals surface area contributed by atoms with E-state index < -0.39 is 17.8 Å². The molecule has 0 aliphatic carbocycles. The van der Waals surface area contributed by atoms with Gasteiger partial charge in [-0.25, -0.2) is 9.48 Å². The molecule has 2 amide bonds. The third kappa shape index (κ3) is 2.88. The lowest BCUT2D eigenvalue weighted by Crippen LogP contribution is -2.32. The maximum Gasteiger partial charge on any atom is 0.384 e. The molecule has 0 spiro atoms. The fraction of sp³-hybridized carbons (Fsp3) is 0.0526. The average Bonchev–Trinajstić information content (AvgIpc) is 3.17. The lowest BCUT2D eigenvalue weighted by Gasteiger charge is -2.11. The smallest absolute Gasteiger partial charge is 0.322 e. The number of hydrogen-bond acceptors (Lipinski definition) is 5. The van der Waals surface area contributed by atoms with E-state index in [0.717, 1.165) is 0 Å². The van der Waals surface area contributed by atoms with Crippen molar-refractivity contribution >= 4 is 29.4 Å². The standard InChI is InChI=1S/C19H12ClN3O4/c1-11-10-16(21-22(11)13-8-6-12(20)7-9-13)19(26)27-23-17(24)14-4-2-3-5-15(14)18(23)25/h2-10H,1H3. The van der Waals surface area contributed by atoms with E-state index in [0.29, 0.717) is 21.5 Å². The molecule has 0 fully saturated rings. The van der Waals surface area contributed by atoms with Crippen molar-refractivity contribution in [1.29, 1.82) is 0 Å². The van der Waals surface area contributed by atoms with Gasteiger partial charge in [-0.1, -0.05) is 28.8 Å². The number of hydrogen-bond donors (Lipinski definition) is 0. The highest BCUT2D eigenvalue weighted by atomic mass is 35.5. The summed E-state index contributed by atoms with van der Waals surface area (Å²) in [5, 5.41) is 5.24. The van der Waals surface area contributed by atoms with Gasteiger partial charge in [0.2, 0.25) is 0 Å². The van der Waals surface area contributed by atoms with Gasteiger partial charge >= 0.3 is 5.97 Å². The van der Waals surface area contributed by atoms with Crippen LogP contribution < -0.4 is 0 Å². The Bertz CT molecular complexity index is 1050. The van der Waals surface area contributed by atoms with E-state index in [1.54, 1.807) is 43.3 Å². The minimum absolute atomic E-state index is 0.0287. The summed E-state index contributed by atoms with van der Waals surface area (Å²) in [6.07, 6.45) is 0. The number of carbonyl (C=O) groups is 3. The Labute approximate surface area is 158 Å². The molecule has 0 saturated heterocycles. The van der Waals surface area contributed by atoms with Crippen LogP contribution in [0.3, 0.4) is 0 Å². The number of hydroxylamine groups is 2. The predicted octanol–water partition coefficient (Wildman–Crippen LogP) is 3.20. The van der Waals surface area contributed by atoms with Crippen LogP contribution in [-0.4, -0.2) is 32.6 Å². The van der Waals surface area contributed by atoms with Gasteiger partial charge in [0, 0.05) is 10.7 Å². The van der Waals surface area contributed by atoms with E-state index in [1.165, 1.54) is 22.9 Å². The average molecular weight is 382 g/mol. The molecule has 1 aliphatic heterocycles. The lowest BCUT2D eigenvalue weighted by molar-refractivity contribution is -0.0588. The lowest BCUT2D eigenvalue weighted by atomic mass is 10.1. The minimum atomic E-state index is -0.902. The maximum atomic E-state index is 12.4. The molecule has 4 rings (SSSR count). The minimum Gasteiger partial charge on any atom is -0.322 e. The van der Waals surface area contributed by atoms with Crippen molar-refractivity contribution in [3.05, 3.63) is 82.1 Å². The zero-order chi connectivity index (χ0) is 19.1. The fourth-order valence-corrected chi connectivity index (χ4v) is 2.92. The van der Waals surface area contributed by atoms with Gasteiger partial charge in [-0.3, -0.25) is 9.59 Å². The normalized spacial score (nSPS) is 13.0. The van der Waals surface area contributed by atoms with Crippen LogP contribution in [0.4, 0.5) is 0 Å². The van der Waals surface area contributed by atoms with Crippen molar-refractivity contribution in [3.8, 4) is 5.69 Å². The third-order valence-electron chi connectivity index (χ3n) is 4.10. The van der Waals surface area contributed by atoms with Crippen LogP contribution in [0.25, 0.3) is 5.69 Å². The molecule has 0 radical (unpaired) electrons. The van der Waals surface area contributed by atoms with Crippen LogP contribution in [-0.2, 0) is 4.84 Å². The molecule has 0 atom stereocenters. The first-order chi connectivity index (χ1) is 13.0. The molecule has 8 heteroatoms. The van der Waals surface area contributed by atoms with Crippen molar-refractivity contribution in [2.45, 2.75) is 6.92 Å². The highest BCUT2D eigenvalue weighted by Gasteiger charge is 2.39. The second kappa shape index (κ2) is 6.37. The second-order valence-electron chi connectivity index (χ2n) is 5.89. The molecule has 0 N–H and O–H groups in total. The Morgan fingerprint density at radius 3 is 2.19 bits per heavy atom. The number of benzene rings is 2. The summed E-state index contributed by atoms with van der Waals surface area (Å²) in [6, 6.07) is 14.7. The SMILES string of the molecule is Cc1cc(C(=O)ON2C(=O)c3ccccc3C2=O)nn1-c1ccc(Cl)cc1. The van der Waals surface area contributed by atoms with Crippen LogP contribution in [0.1, 0.15) is 36.9 Å². The number of aryl methyl sites for hydroxylation is 1. The van der Waals surface area contributed by atoms with Crippen LogP contribution in [0, 0.1) is 6.92 Å². The van der Waals surface area contributed by atoms with Crippen molar-refractivity contribution in [2.24, 2.45) is 0 Å². The number of carbonyl (C=O) groups excluding carboxylic acids is 3. The number of imide groups is 1. The van der Waals surface area contributed by atoms with E-state index in [2.05, 4.69) is 5.10 Å². The fourth-order valence-electron chi connectivity index (χ4n) is 2.80. The van der Waals surface area contributed by atoms with Crippen molar-refractivity contribution in [1.82, 2.24) is 14.8 Å². The zero-order valence-electron chi connectivity index (χ0n) is 14.0. The number of rotatable bonds is 3. The summed E-state index contributed by atoms with van der Waals surface area (Å²) in [6.45, 7) is 1.76. The molecule has 2 aromatic carbocycles. The van der Waals surface area contributed by atoms with Gasteiger partial charge in [0.05, 0.1) is 16.8 Å². The first kappa shape index (κ1) is 17.0. The van der Waals surface area contributed by atoms with Crippen LogP contribution in [0.5, 0.6) is 0 Å². The van der Waals surface area contributed by atoms with Gasteiger partial charge in [0.1, 0.15) is 0 Å². The molecule has 0 bridgehead atoms. The van der Waals surface area contributed by atoms with Crippen LogP contribution in [0.15, 0.2) is 54.6 Å². The monoisotopic (exact) mass is 381 g/mol. The van der Waals surface area contributed by atoms with Gasteiger partial charge in [0.25, 0.3) is 11.8 Å². The van der Waals surface area contributed by atoms with Gasteiger partial charge in [-0.15, -0.1) is 0 Å². The Morgan fingerprint density at radius 1 is 1.00 bits per heavy atom. The Balaban J connectivity index is 1.58. The first-order valence-corrected chi connectivity index (χ1v) is 8.36. The molecule has 0 unspecified atom stereocenters. The molecule has 1 aliphatic rings. The molecule has 7 nitrogen and oxygen atoms in total. The summed E-state index contributed by atoms with van der Waals surface area (Å²) in [7, 11) is 0. The highest BCUT2D eigenvalue weighted by Crippen LogP contribution is 2.23. The Morgan fingerprint density at radius 2 is 1.59 bits per heavy atom. The summed E-state index contributed by atoms with van der Waals surface area (Å²) in [5.74, 6) is -2.27. The number of nitrogens with zero attached hydrogens (tertiary/aromatic N) is 3. The topological polar surface area (TPSA) is 81.5 Å². The summed E-state index contributed by atoms with van der Waals surface area (Å²) in [4.78, 5) is 42.0. The van der Waals surface area contributed by atoms with E-state index in [4.69, 9.17) is 16.4 Å². The third-order valence-corrected chi connectivity index (χ3v) is 4.35. The number of aromatic nitrogens is 2. The maximum absolute atomic E-state index is 12.4. The van der Waals surface area contributed by atoms with Crippen molar-refractivity contribution in [3.63, 3.8) is 0 Å². The number of amides is 2. The van der Waals surface area contributed by atoms with E-state index in [9.17, 15) is 14.4 Å². The van der Waals surface area contributed by atoms with Crippen LogP contribution in [0.2, 0.25) is 5.02 Å². The number of halogens is 1. The van der Waals surface area contributed by atoms with Gasteiger partial charge in [0.15, 0.2) is 5.69 Å². The Hall–Kier alpha value is -3.45. The van der Waals surface area contributed by atoms with E-state index >= 15 is 0 Å². The molecule has 1 aromatic heterocycles. The van der Waals surface area contributed by atoms with Crippen LogP contribution >= 0.6 is 11.6 Å². The first-order valence-electron chi connectivity index (χ1n) is 7.98. The van der Waals surface area contributed by atoms with E-state index in [-0.39, 0.29) is 16.8 Å². The number of fused-ring (bicyclic) bond motifs is 1. The summed E-state index contributed by atoms with van der Waals surface area (Å²) in [5.41, 5.74) is 1.73. The molecule has 134 valence electrons. The zero-order valence-corrected chi connectivity index (χ0v) is 14.8. The molecular weight excluding hydrogens is 370 g/mol. The molecule has 3 aromatic rings. The highest BCUT2D eigenvalue weighted by molar-refractivity contribution is 6.30. The molecular formula is C19H12ClN3O4. The molecule has 2 heterocycles. The largest absolute Gasteiger partial charge is 0.384 e. The van der Waals surface area contributed by atoms with Gasteiger partial charge < -0.3 is 4.84 Å². The molecule has 27 heavy (non-hydrogen) atoms. The summed E-state index contributed by atoms with van der Waals surface area (Å²) >= 11 is 5.88. The quantitative estimate of drug-likeness (QED) is 0.651. The Kier molecular flexibility index (Phi) is 4.01.